The van der Waals surface area contributed by atoms with Crippen molar-refractivity contribution in [3.63, 3.8) is 0 Å². The Morgan fingerprint density at radius 2 is 2.00 bits per heavy atom. The van der Waals surface area contributed by atoms with Crippen LogP contribution in [0.5, 0.6) is 5.88 Å². The second-order valence-corrected chi connectivity index (χ2v) is 4.32. The molecule has 2 atom stereocenters. The van der Waals surface area contributed by atoms with Gasteiger partial charge in [-0.25, -0.2) is 4.98 Å². The van der Waals surface area contributed by atoms with E-state index in [0.717, 1.165) is 37.8 Å². The van der Waals surface area contributed by atoms with Gasteiger partial charge in [-0.1, -0.05) is 12.8 Å². The highest BCUT2D eigenvalue weighted by Gasteiger charge is 2.24. The fourth-order valence-electron chi connectivity index (χ4n) is 2.36. The molecule has 1 saturated carbocycles. The van der Waals surface area contributed by atoms with Crippen LogP contribution in [0.25, 0.3) is 0 Å². The lowest BCUT2D eigenvalue weighted by Gasteiger charge is -2.17. The monoisotopic (exact) mass is 222 g/mol. The highest BCUT2D eigenvalue weighted by molar-refractivity contribution is 5.22. The summed E-state index contributed by atoms with van der Waals surface area (Å²) in [5, 5.41) is 9.80. The molecule has 1 aromatic heterocycles. The van der Waals surface area contributed by atoms with Gasteiger partial charge in [0.15, 0.2) is 0 Å². The smallest absolute Gasteiger partial charge is 0.235 e. The van der Waals surface area contributed by atoms with E-state index in [1.807, 2.05) is 0 Å². The Bertz CT molecular complexity index is 344. The molecular formula is C12H18N2O2. The summed E-state index contributed by atoms with van der Waals surface area (Å²) in [5.74, 6) is 0.878. The van der Waals surface area contributed by atoms with Crippen molar-refractivity contribution < 1.29 is 9.84 Å². The van der Waals surface area contributed by atoms with E-state index >= 15 is 0 Å². The van der Waals surface area contributed by atoms with Gasteiger partial charge in [-0.3, -0.25) is 4.98 Å². The maximum Gasteiger partial charge on any atom is 0.235 e. The van der Waals surface area contributed by atoms with Gasteiger partial charge >= 0.3 is 0 Å². The van der Waals surface area contributed by atoms with E-state index in [1.54, 1.807) is 19.5 Å². The van der Waals surface area contributed by atoms with Crippen LogP contribution in [0, 0.1) is 0 Å². The maximum absolute atomic E-state index is 9.80. The first-order valence-corrected chi connectivity index (χ1v) is 5.84. The molecule has 88 valence electrons. The van der Waals surface area contributed by atoms with E-state index in [-0.39, 0.29) is 12.0 Å². The number of nitrogens with zero attached hydrogens (tertiary/aromatic N) is 2. The molecule has 1 aliphatic carbocycles. The largest absolute Gasteiger partial charge is 0.480 e. The van der Waals surface area contributed by atoms with Crippen molar-refractivity contribution in [2.45, 2.75) is 44.1 Å². The number of ether oxygens (including phenoxy) is 1. The van der Waals surface area contributed by atoms with Gasteiger partial charge in [-0.05, 0) is 19.3 Å². The third-order valence-electron chi connectivity index (χ3n) is 3.17. The van der Waals surface area contributed by atoms with Crippen LogP contribution in [-0.2, 0) is 0 Å². The van der Waals surface area contributed by atoms with E-state index in [1.165, 1.54) is 0 Å². The summed E-state index contributed by atoms with van der Waals surface area (Å²) in [6, 6.07) is 0. The zero-order chi connectivity index (χ0) is 11.4. The van der Waals surface area contributed by atoms with E-state index in [0.29, 0.717) is 5.88 Å². The number of hydrogen-bond donors (Lipinski definition) is 1. The molecule has 1 fully saturated rings. The Morgan fingerprint density at radius 3 is 2.81 bits per heavy atom. The van der Waals surface area contributed by atoms with Crippen LogP contribution in [0.3, 0.4) is 0 Å². The third-order valence-corrected chi connectivity index (χ3v) is 3.17. The standard InChI is InChI=1S/C12H18N2O2/c1-16-12-11(13-6-7-14-12)9-4-2-3-5-10(15)8-9/h6-7,9-10,15H,2-5,8H2,1H3. The normalized spacial score (nSPS) is 26.1. The van der Waals surface area contributed by atoms with Crippen molar-refractivity contribution in [1.29, 1.82) is 0 Å². The number of aromatic nitrogens is 2. The average molecular weight is 222 g/mol. The maximum atomic E-state index is 9.80. The van der Waals surface area contributed by atoms with Gasteiger partial charge < -0.3 is 9.84 Å². The van der Waals surface area contributed by atoms with Crippen LogP contribution in [-0.4, -0.2) is 28.3 Å². The molecule has 0 radical (unpaired) electrons. The Morgan fingerprint density at radius 1 is 1.25 bits per heavy atom. The van der Waals surface area contributed by atoms with Crippen molar-refractivity contribution in [2.24, 2.45) is 0 Å². The van der Waals surface area contributed by atoms with E-state index in [9.17, 15) is 5.11 Å². The number of aliphatic hydroxyl groups is 1. The third kappa shape index (κ3) is 2.50. The molecule has 4 heteroatoms. The van der Waals surface area contributed by atoms with Gasteiger partial charge in [0.05, 0.1) is 13.2 Å². The van der Waals surface area contributed by atoms with Crippen molar-refractivity contribution in [2.75, 3.05) is 7.11 Å². The van der Waals surface area contributed by atoms with Crippen LogP contribution >= 0.6 is 0 Å². The van der Waals surface area contributed by atoms with Gasteiger partial charge in [0.25, 0.3) is 0 Å². The summed E-state index contributed by atoms with van der Waals surface area (Å²) in [5.41, 5.74) is 0.894. The van der Waals surface area contributed by atoms with Gasteiger partial charge in [0.2, 0.25) is 5.88 Å². The van der Waals surface area contributed by atoms with Crippen LogP contribution in [0.1, 0.15) is 43.7 Å². The summed E-state index contributed by atoms with van der Waals surface area (Å²) in [4.78, 5) is 8.51. The van der Waals surface area contributed by atoms with Gasteiger partial charge in [-0.2, -0.15) is 0 Å². The van der Waals surface area contributed by atoms with Crippen LogP contribution < -0.4 is 4.74 Å². The van der Waals surface area contributed by atoms with Gasteiger partial charge in [0.1, 0.15) is 5.69 Å². The van der Waals surface area contributed by atoms with Crippen molar-refractivity contribution in [3.8, 4) is 5.88 Å². The fourth-order valence-corrected chi connectivity index (χ4v) is 2.36. The van der Waals surface area contributed by atoms with Crippen molar-refractivity contribution >= 4 is 0 Å². The molecular weight excluding hydrogens is 204 g/mol. The number of hydrogen-bond acceptors (Lipinski definition) is 4. The first-order valence-electron chi connectivity index (χ1n) is 5.84. The first kappa shape index (κ1) is 11.3. The minimum absolute atomic E-state index is 0.209. The zero-order valence-electron chi connectivity index (χ0n) is 9.59. The summed E-state index contributed by atoms with van der Waals surface area (Å²) < 4.78 is 5.22. The van der Waals surface area contributed by atoms with E-state index in [4.69, 9.17) is 4.74 Å². The van der Waals surface area contributed by atoms with Gasteiger partial charge in [-0.15, -0.1) is 0 Å². The molecule has 4 nitrogen and oxygen atoms in total. The molecule has 0 spiro atoms. The summed E-state index contributed by atoms with van der Waals surface area (Å²) >= 11 is 0. The van der Waals surface area contributed by atoms with Crippen molar-refractivity contribution in [3.05, 3.63) is 18.1 Å². The Kier molecular flexibility index (Phi) is 3.72. The summed E-state index contributed by atoms with van der Waals surface area (Å²) in [7, 11) is 1.61. The minimum atomic E-state index is -0.209. The molecule has 0 aromatic carbocycles. The zero-order valence-corrected chi connectivity index (χ0v) is 9.59. The highest BCUT2D eigenvalue weighted by atomic mass is 16.5. The number of aliphatic hydroxyl groups excluding tert-OH is 1. The van der Waals surface area contributed by atoms with E-state index in [2.05, 4.69) is 9.97 Å². The lowest BCUT2D eigenvalue weighted by Crippen LogP contribution is -2.11. The molecule has 1 heterocycles. The number of methoxy groups -OCH3 is 1. The summed E-state index contributed by atoms with van der Waals surface area (Å²) in [6.45, 7) is 0. The topological polar surface area (TPSA) is 55.2 Å². The average Bonchev–Trinajstić information content (AvgIpc) is 2.54. The fraction of sp³-hybridized carbons (Fsp3) is 0.667. The molecule has 0 amide bonds. The van der Waals surface area contributed by atoms with Crippen LogP contribution in [0.4, 0.5) is 0 Å². The Labute approximate surface area is 95.7 Å². The number of rotatable bonds is 2. The Hall–Kier alpha value is -1.16. The minimum Gasteiger partial charge on any atom is -0.480 e. The lowest BCUT2D eigenvalue weighted by molar-refractivity contribution is 0.151. The van der Waals surface area contributed by atoms with E-state index < -0.39 is 0 Å². The lowest BCUT2D eigenvalue weighted by atomic mass is 9.95. The second-order valence-electron chi connectivity index (χ2n) is 4.32. The summed E-state index contributed by atoms with van der Waals surface area (Å²) in [6.07, 6.45) is 8.09. The van der Waals surface area contributed by atoms with Gasteiger partial charge in [0, 0.05) is 18.3 Å². The predicted molar refractivity (Wildman–Crippen MR) is 60.4 cm³/mol. The SMILES string of the molecule is COc1nccnc1C1CCCCC(O)C1. The molecule has 0 bridgehead atoms. The Balaban J connectivity index is 2.20. The predicted octanol–water partition coefficient (Wildman–Crippen LogP) is 1.89. The second kappa shape index (κ2) is 5.25. The molecule has 0 saturated heterocycles. The molecule has 1 N–H and O–H groups in total. The molecule has 1 aliphatic rings. The molecule has 2 unspecified atom stereocenters. The molecule has 0 aliphatic heterocycles. The van der Waals surface area contributed by atoms with Crippen LogP contribution in [0.2, 0.25) is 0 Å². The van der Waals surface area contributed by atoms with Crippen LogP contribution in [0.15, 0.2) is 12.4 Å². The molecule has 2 rings (SSSR count). The quantitative estimate of drug-likeness (QED) is 0.776. The highest BCUT2D eigenvalue weighted by Crippen LogP contribution is 2.34. The molecule has 16 heavy (non-hydrogen) atoms. The van der Waals surface area contributed by atoms with Crippen molar-refractivity contribution in [1.82, 2.24) is 9.97 Å². The first-order chi connectivity index (χ1) is 7.81. The molecule has 1 aromatic rings.